The lowest BCUT2D eigenvalue weighted by Gasteiger charge is -2.34. The molecule has 2 rings (SSSR count). The van der Waals surface area contributed by atoms with Gasteiger partial charge in [0.1, 0.15) is 0 Å². The molecule has 0 unspecified atom stereocenters. The molecule has 0 aromatic heterocycles. The van der Waals surface area contributed by atoms with Crippen LogP contribution in [0.4, 0.5) is 10.5 Å². The summed E-state index contributed by atoms with van der Waals surface area (Å²) in [6, 6.07) is 6.79. The van der Waals surface area contributed by atoms with Crippen LogP contribution in [0.5, 0.6) is 0 Å². The van der Waals surface area contributed by atoms with Gasteiger partial charge in [-0.2, -0.15) is 0 Å². The fourth-order valence-electron chi connectivity index (χ4n) is 2.87. The number of benzene rings is 1. The number of aliphatic hydroxyl groups excluding tert-OH is 1. The van der Waals surface area contributed by atoms with E-state index in [1.165, 1.54) is 6.92 Å². The van der Waals surface area contributed by atoms with Gasteiger partial charge in [-0.05, 0) is 38.4 Å². The van der Waals surface area contributed by atoms with E-state index in [-0.39, 0.29) is 24.5 Å². The molecular weight excluding hydrogens is 294 g/mol. The smallest absolute Gasteiger partial charge is 0.319 e. The average Bonchev–Trinajstić information content (AvgIpc) is 2.55. The number of urea groups is 1. The molecule has 1 aliphatic heterocycles. The second-order valence-corrected chi connectivity index (χ2v) is 5.89. The summed E-state index contributed by atoms with van der Waals surface area (Å²) in [4.78, 5) is 25.5. The van der Waals surface area contributed by atoms with Gasteiger partial charge in [0.15, 0.2) is 5.78 Å². The molecule has 126 valence electrons. The zero-order chi connectivity index (χ0) is 16.7. The number of piperidine rings is 1. The highest BCUT2D eigenvalue weighted by atomic mass is 16.3. The highest BCUT2D eigenvalue weighted by Crippen LogP contribution is 2.15. The summed E-state index contributed by atoms with van der Waals surface area (Å²) >= 11 is 0. The molecular formula is C17H25N3O3. The standard InChI is InChI=1S/C17H25N3O3/c1-13(22)14-5-4-6-15(11-14)19-17(23)18-8-10-20-9-3-2-7-16(20)12-21/h4-6,11,16,21H,2-3,7-10,12H2,1H3,(H2,18,19,23)/t16-/m1/s1. The van der Waals surface area contributed by atoms with Crippen LogP contribution in [0.3, 0.4) is 0 Å². The molecule has 6 nitrogen and oxygen atoms in total. The van der Waals surface area contributed by atoms with Gasteiger partial charge in [0.2, 0.25) is 0 Å². The van der Waals surface area contributed by atoms with Crippen molar-refractivity contribution in [3.05, 3.63) is 29.8 Å². The van der Waals surface area contributed by atoms with Gasteiger partial charge in [0.05, 0.1) is 6.61 Å². The zero-order valence-corrected chi connectivity index (χ0v) is 13.5. The fraction of sp³-hybridized carbons (Fsp3) is 0.529. The highest BCUT2D eigenvalue weighted by Gasteiger charge is 2.20. The van der Waals surface area contributed by atoms with Crippen LogP contribution in [0.2, 0.25) is 0 Å². The van der Waals surface area contributed by atoms with Gasteiger partial charge in [-0.15, -0.1) is 0 Å². The molecule has 0 bridgehead atoms. The second kappa shape index (κ2) is 8.64. The van der Waals surface area contributed by atoms with Gasteiger partial charge < -0.3 is 15.7 Å². The van der Waals surface area contributed by atoms with E-state index in [4.69, 9.17) is 0 Å². The molecule has 1 aromatic carbocycles. The van der Waals surface area contributed by atoms with Crippen LogP contribution in [0, 0.1) is 0 Å². The Bertz CT molecular complexity index is 548. The Balaban J connectivity index is 1.76. The van der Waals surface area contributed by atoms with E-state index in [0.717, 1.165) is 32.4 Å². The Morgan fingerprint density at radius 1 is 1.35 bits per heavy atom. The Hall–Kier alpha value is -1.92. The predicted molar refractivity (Wildman–Crippen MR) is 89.8 cm³/mol. The van der Waals surface area contributed by atoms with Crippen LogP contribution in [-0.4, -0.2) is 54.1 Å². The van der Waals surface area contributed by atoms with Crippen molar-refractivity contribution in [1.29, 1.82) is 0 Å². The Labute approximate surface area is 136 Å². The molecule has 1 atom stereocenters. The monoisotopic (exact) mass is 319 g/mol. The number of nitrogens with zero attached hydrogens (tertiary/aromatic N) is 1. The highest BCUT2D eigenvalue weighted by molar-refractivity contribution is 5.96. The van der Waals surface area contributed by atoms with Crippen LogP contribution in [0.25, 0.3) is 0 Å². The molecule has 1 saturated heterocycles. The summed E-state index contributed by atoms with van der Waals surface area (Å²) in [7, 11) is 0. The summed E-state index contributed by atoms with van der Waals surface area (Å²) in [6.07, 6.45) is 3.31. The maximum absolute atomic E-state index is 11.9. The lowest BCUT2D eigenvalue weighted by atomic mass is 10.0. The van der Waals surface area contributed by atoms with E-state index in [2.05, 4.69) is 15.5 Å². The van der Waals surface area contributed by atoms with Crippen molar-refractivity contribution in [2.45, 2.75) is 32.2 Å². The Kier molecular flexibility index (Phi) is 6.55. The first-order valence-corrected chi connectivity index (χ1v) is 8.11. The van der Waals surface area contributed by atoms with Crippen molar-refractivity contribution in [3.8, 4) is 0 Å². The number of ketones is 1. The average molecular weight is 319 g/mol. The number of anilines is 1. The van der Waals surface area contributed by atoms with Crippen molar-refractivity contribution in [1.82, 2.24) is 10.2 Å². The third kappa shape index (κ3) is 5.33. The number of amides is 2. The molecule has 0 aliphatic carbocycles. The van der Waals surface area contributed by atoms with Crippen molar-refractivity contribution in [3.63, 3.8) is 0 Å². The Morgan fingerprint density at radius 3 is 2.91 bits per heavy atom. The summed E-state index contributed by atoms with van der Waals surface area (Å²) in [5, 5.41) is 14.9. The largest absolute Gasteiger partial charge is 0.395 e. The normalized spacial score (nSPS) is 18.4. The van der Waals surface area contributed by atoms with Crippen molar-refractivity contribution in [2.75, 3.05) is 31.6 Å². The molecule has 0 radical (unpaired) electrons. The first-order chi connectivity index (χ1) is 11.1. The van der Waals surface area contributed by atoms with Crippen molar-refractivity contribution >= 4 is 17.5 Å². The number of rotatable bonds is 6. The molecule has 1 heterocycles. The number of carbonyl (C=O) groups is 2. The number of hydrogen-bond donors (Lipinski definition) is 3. The zero-order valence-electron chi connectivity index (χ0n) is 13.5. The molecule has 0 saturated carbocycles. The SMILES string of the molecule is CC(=O)c1cccc(NC(=O)NCCN2CCCC[C@@H]2CO)c1. The van der Waals surface area contributed by atoms with Gasteiger partial charge in [-0.3, -0.25) is 9.69 Å². The topological polar surface area (TPSA) is 81.7 Å². The van der Waals surface area contributed by atoms with Gasteiger partial charge in [0.25, 0.3) is 0 Å². The van der Waals surface area contributed by atoms with E-state index < -0.39 is 0 Å². The van der Waals surface area contributed by atoms with Gasteiger partial charge in [0, 0.05) is 30.4 Å². The number of Topliss-reactive ketones (excluding diaryl/α,β-unsaturated/α-hetero) is 1. The number of carbonyl (C=O) groups excluding carboxylic acids is 2. The summed E-state index contributed by atoms with van der Waals surface area (Å²) in [6.45, 7) is 3.88. The van der Waals surface area contributed by atoms with Gasteiger partial charge >= 0.3 is 6.03 Å². The maximum Gasteiger partial charge on any atom is 0.319 e. The molecule has 23 heavy (non-hydrogen) atoms. The third-order valence-electron chi connectivity index (χ3n) is 4.17. The Morgan fingerprint density at radius 2 is 2.17 bits per heavy atom. The summed E-state index contributed by atoms with van der Waals surface area (Å²) < 4.78 is 0. The first kappa shape index (κ1) is 17.4. The van der Waals surface area contributed by atoms with E-state index in [9.17, 15) is 14.7 Å². The molecule has 3 N–H and O–H groups in total. The van der Waals surface area contributed by atoms with Crippen molar-refractivity contribution in [2.24, 2.45) is 0 Å². The second-order valence-electron chi connectivity index (χ2n) is 5.89. The van der Waals surface area contributed by atoms with Crippen LogP contribution in [0.1, 0.15) is 36.5 Å². The maximum atomic E-state index is 11.9. The van der Waals surface area contributed by atoms with E-state index in [0.29, 0.717) is 17.8 Å². The van der Waals surface area contributed by atoms with Crippen LogP contribution >= 0.6 is 0 Å². The van der Waals surface area contributed by atoms with Gasteiger partial charge in [-0.25, -0.2) is 4.79 Å². The first-order valence-electron chi connectivity index (χ1n) is 8.11. The minimum Gasteiger partial charge on any atom is -0.395 e. The van der Waals surface area contributed by atoms with Crippen molar-refractivity contribution < 1.29 is 14.7 Å². The molecule has 0 spiro atoms. The molecule has 2 amide bonds. The van der Waals surface area contributed by atoms with Crippen LogP contribution < -0.4 is 10.6 Å². The third-order valence-corrected chi connectivity index (χ3v) is 4.17. The number of nitrogens with one attached hydrogen (secondary N) is 2. The lowest BCUT2D eigenvalue weighted by Crippen LogP contribution is -2.46. The summed E-state index contributed by atoms with van der Waals surface area (Å²) in [5.41, 5.74) is 1.17. The van der Waals surface area contributed by atoms with Crippen LogP contribution in [-0.2, 0) is 0 Å². The molecule has 1 fully saturated rings. The number of aliphatic hydroxyl groups is 1. The van der Waals surface area contributed by atoms with Crippen LogP contribution in [0.15, 0.2) is 24.3 Å². The van der Waals surface area contributed by atoms with E-state index in [1.54, 1.807) is 24.3 Å². The molecule has 1 aromatic rings. The number of hydrogen-bond acceptors (Lipinski definition) is 4. The van der Waals surface area contributed by atoms with E-state index in [1.807, 2.05) is 0 Å². The molecule has 6 heteroatoms. The van der Waals surface area contributed by atoms with E-state index >= 15 is 0 Å². The fourth-order valence-corrected chi connectivity index (χ4v) is 2.87. The van der Waals surface area contributed by atoms with Gasteiger partial charge in [-0.1, -0.05) is 18.6 Å². The minimum atomic E-state index is -0.289. The number of likely N-dealkylation sites (tertiary alicyclic amines) is 1. The molecule has 1 aliphatic rings. The lowest BCUT2D eigenvalue weighted by molar-refractivity contribution is 0.0917. The predicted octanol–water partition coefficient (Wildman–Crippen LogP) is 1.86. The summed E-state index contributed by atoms with van der Waals surface area (Å²) in [5.74, 6) is -0.0331. The minimum absolute atomic E-state index is 0.0331. The quantitative estimate of drug-likeness (QED) is 0.699.